The molecule has 176 valence electrons. The minimum atomic E-state index is -1.38. The molecule has 1 aliphatic rings. The summed E-state index contributed by atoms with van der Waals surface area (Å²) in [6.07, 6.45) is 2.48. The first-order valence-corrected chi connectivity index (χ1v) is 12.0. The van der Waals surface area contributed by atoms with Gasteiger partial charge in [-0.3, -0.25) is 0 Å². The molecule has 0 radical (unpaired) electrons. The Morgan fingerprint density at radius 3 is 2.18 bits per heavy atom. The molecular weight excluding hydrogens is 426 g/mol. The molecule has 0 aromatic heterocycles. The Morgan fingerprint density at radius 1 is 0.882 bits per heavy atom. The summed E-state index contributed by atoms with van der Waals surface area (Å²) in [4.78, 5) is 26.9. The highest BCUT2D eigenvalue weighted by atomic mass is 16.6. The summed E-state index contributed by atoms with van der Waals surface area (Å²) in [5, 5.41) is 12.5. The molecule has 1 fully saturated rings. The van der Waals surface area contributed by atoms with Crippen LogP contribution in [0, 0.1) is 0 Å². The van der Waals surface area contributed by atoms with Gasteiger partial charge in [0, 0.05) is 6.42 Å². The Bertz CT molecular complexity index is 1100. The van der Waals surface area contributed by atoms with Gasteiger partial charge in [-0.2, -0.15) is 0 Å². The number of hydrogen-bond acceptors (Lipinski definition) is 4. The SMILES string of the molecule is CCCCCc1cccc(CC2C(=O)OC(c3ccccc3)C(c3ccccc3)N2C(=O)[O-])c1. The highest BCUT2D eigenvalue weighted by Gasteiger charge is 2.45. The van der Waals surface area contributed by atoms with Gasteiger partial charge in [0.25, 0.3) is 0 Å². The minimum Gasteiger partial charge on any atom is -0.530 e. The van der Waals surface area contributed by atoms with Crippen molar-refractivity contribution in [1.82, 2.24) is 4.90 Å². The van der Waals surface area contributed by atoms with E-state index < -0.39 is 30.3 Å². The maximum Gasteiger partial charge on any atom is 0.329 e. The number of rotatable bonds is 8. The average molecular weight is 457 g/mol. The average Bonchev–Trinajstić information content (AvgIpc) is 2.86. The van der Waals surface area contributed by atoms with Crippen LogP contribution in [0.2, 0.25) is 0 Å². The van der Waals surface area contributed by atoms with E-state index in [1.54, 1.807) is 0 Å². The Morgan fingerprint density at radius 2 is 1.53 bits per heavy atom. The van der Waals surface area contributed by atoms with Crippen LogP contribution >= 0.6 is 0 Å². The lowest BCUT2D eigenvalue weighted by Crippen LogP contribution is -2.58. The van der Waals surface area contributed by atoms with Crippen LogP contribution < -0.4 is 5.11 Å². The largest absolute Gasteiger partial charge is 0.530 e. The first-order chi connectivity index (χ1) is 16.6. The van der Waals surface area contributed by atoms with Crippen molar-refractivity contribution < 1.29 is 19.4 Å². The Balaban J connectivity index is 1.68. The van der Waals surface area contributed by atoms with Crippen LogP contribution in [0.5, 0.6) is 0 Å². The van der Waals surface area contributed by atoms with Gasteiger partial charge >= 0.3 is 5.97 Å². The van der Waals surface area contributed by atoms with E-state index in [1.165, 1.54) is 10.5 Å². The number of benzene rings is 3. The van der Waals surface area contributed by atoms with Gasteiger partial charge in [-0.15, -0.1) is 0 Å². The van der Waals surface area contributed by atoms with E-state index in [0.717, 1.165) is 42.4 Å². The molecule has 3 aromatic carbocycles. The number of cyclic esters (lactones) is 1. The summed E-state index contributed by atoms with van der Waals surface area (Å²) in [7, 11) is 0. The van der Waals surface area contributed by atoms with Crippen molar-refractivity contribution in [3.8, 4) is 0 Å². The van der Waals surface area contributed by atoms with Gasteiger partial charge < -0.3 is 19.5 Å². The summed E-state index contributed by atoms with van der Waals surface area (Å²) >= 11 is 0. The lowest BCUT2D eigenvalue weighted by atomic mass is 9.89. The number of esters is 1. The number of carbonyl (C=O) groups is 2. The number of unbranched alkanes of at least 4 members (excludes halogenated alkanes) is 2. The molecule has 3 atom stereocenters. The van der Waals surface area contributed by atoms with Gasteiger partial charge in [-0.1, -0.05) is 105 Å². The highest BCUT2D eigenvalue weighted by Crippen LogP contribution is 2.42. The highest BCUT2D eigenvalue weighted by molar-refractivity contribution is 5.82. The molecule has 1 aliphatic heterocycles. The van der Waals surface area contributed by atoms with Crippen molar-refractivity contribution in [1.29, 1.82) is 0 Å². The van der Waals surface area contributed by atoms with Crippen molar-refractivity contribution in [3.05, 3.63) is 107 Å². The number of carbonyl (C=O) groups excluding carboxylic acids is 2. The van der Waals surface area contributed by atoms with E-state index in [9.17, 15) is 14.7 Å². The molecule has 34 heavy (non-hydrogen) atoms. The van der Waals surface area contributed by atoms with E-state index >= 15 is 0 Å². The fourth-order valence-corrected chi connectivity index (χ4v) is 4.74. The predicted octanol–water partition coefficient (Wildman–Crippen LogP) is 5.02. The molecule has 3 aromatic rings. The quantitative estimate of drug-likeness (QED) is 0.353. The monoisotopic (exact) mass is 456 g/mol. The van der Waals surface area contributed by atoms with Crippen LogP contribution in [0.4, 0.5) is 4.79 Å². The van der Waals surface area contributed by atoms with E-state index in [1.807, 2.05) is 72.8 Å². The molecule has 1 amide bonds. The third kappa shape index (κ3) is 5.30. The molecule has 4 rings (SSSR count). The zero-order chi connectivity index (χ0) is 23.9. The third-order valence-electron chi connectivity index (χ3n) is 6.41. The van der Waals surface area contributed by atoms with E-state index in [0.29, 0.717) is 0 Å². The summed E-state index contributed by atoms with van der Waals surface area (Å²) < 4.78 is 5.94. The number of nitrogens with zero attached hydrogens (tertiary/aromatic N) is 1. The predicted molar refractivity (Wildman–Crippen MR) is 129 cm³/mol. The molecule has 1 heterocycles. The zero-order valence-electron chi connectivity index (χ0n) is 19.4. The molecule has 3 unspecified atom stereocenters. The van der Waals surface area contributed by atoms with Crippen LogP contribution in [0.25, 0.3) is 0 Å². The van der Waals surface area contributed by atoms with Crippen molar-refractivity contribution in [2.24, 2.45) is 0 Å². The maximum absolute atomic E-state index is 13.2. The molecule has 5 heteroatoms. The van der Waals surface area contributed by atoms with Crippen LogP contribution in [0.3, 0.4) is 0 Å². The number of hydrogen-bond donors (Lipinski definition) is 0. The molecule has 1 saturated heterocycles. The zero-order valence-corrected chi connectivity index (χ0v) is 19.4. The number of amides is 1. The second-order valence-electron chi connectivity index (χ2n) is 8.79. The van der Waals surface area contributed by atoms with Gasteiger partial charge in [0.05, 0.1) is 6.04 Å². The Kier molecular flexibility index (Phi) is 7.63. The molecule has 0 N–H and O–H groups in total. The molecule has 0 spiro atoms. The Labute approximate surface area is 201 Å². The third-order valence-corrected chi connectivity index (χ3v) is 6.41. The van der Waals surface area contributed by atoms with Crippen molar-refractivity contribution in [2.75, 3.05) is 0 Å². The summed E-state index contributed by atoms with van der Waals surface area (Å²) in [6, 6.07) is 24.9. The van der Waals surface area contributed by atoms with Crippen LogP contribution in [-0.2, 0) is 22.4 Å². The number of aryl methyl sites for hydroxylation is 1. The molecule has 5 nitrogen and oxygen atoms in total. The van der Waals surface area contributed by atoms with E-state index in [2.05, 4.69) is 19.1 Å². The standard InChI is InChI=1S/C29H31NO4/c1-2-3-6-12-21-13-11-14-22(19-21)20-25-28(31)34-27(24-17-9-5-10-18-24)26(30(25)29(32)33)23-15-7-4-8-16-23/h4-5,7-11,13-19,25-27H,2-3,6,12,20H2,1H3,(H,32,33)/p-1. The van der Waals surface area contributed by atoms with Crippen molar-refractivity contribution >= 4 is 12.1 Å². The van der Waals surface area contributed by atoms with E-state index in [-0.39, 0.29) is 6.42 Å². The first-order valence-electron chi connectivity index (χ1n) is 12.0. The normalized spacial score (nSPS) is 20.1. The van der Waals surface area contributed by atoms with Crippen LogP contribution in [0.1, 0.15) is 60.6 Å². The van der Waals surface area contributed by atoms with Gasteiger partial charge in [0.2, 0.25) is 0 Å². The topological polar surface area (TPSA) is 69.7 Å². The summed E-state index contributed by atoms with van der Waals surface area (Å²) in [6.45, 7) is 2.17. The smallest absolute Gasteiger partial charge is 0.329 e. The van der Waals surface area contributed by atoms with Gasteiger partial charge in [-0.05, 0) is 35.1 Å². The van der Waals surface area contributed by atoms with Gasteiger partial charge in [0.1, 0.15) is 12.1 Å². The second-order valence-corrected chi connectivity index (χ2v) is 8.79. The summed E-state index contributed by atoms with van der Waals surface area (Å²) in [5.41, 5.74) is 3.60. The van der Waals surface area contributed by atoms with Crippen molar-refractivity contribution in [2.45, 2.75) is 57.2 Å². The number of morpholine rings is 1. The van der Waals surface area contributed by atoms with Crippen LogP contribution in [-0.4, -0.2) is 23.0 Å². The lowest BCUT2D eigenvalue weighted by molar-refractivity contribution is -0.277. The minimum absolute atomic E-state index is 0.235. The maximum atomic E-state index is 13.2. The van der Waals surface area contributed by atoms with Gasteiger partial charge in [-0.25, -0.2) is 4.79 Å². The number of carboxylic acid groups (broad SMARTS) is 1. The molecule has 0 saturated carbocycles. The Hall–Kier alpha value is -3.60. The fourth-order valence-electron chi connectivity index (χ4n) is 4.74. The summed E-state index contributed by atoms with van der Waals surface area (Å²) in [5.74, 6) is -0.554. The van der Waals surface area contributed by atoms with Crippen LogP contribution in [0.15, 0.2) is 84.9 Å². The van der Waals surface area contributed by atoms with Crippen molar-refractivity contribution in [3.63, 3.8) is 0 Å². The molecule has 0 bridgehead atoms. The second kappa shape index (κ2) is 11.0. The number of ether oxygens (including phenoxy) is 1. The fraction of sp³-hybridized carbons (Fsp3) is 0.310. The first kappa shape index (κ1) is 23.6. The lowest BCUT2D eigenvalue weighted by Gasteiger charge is -2.47. The van der Waals surface area contributed by atoms with E-state index in [4.69, 9.17) is 4.74 Å². The van der Waals surface area contributed by atoms with Gasteiger partial charge in [0.15, 0.2) is 6.10 Å². The molecule has 0 aliphatic carbocycles. The molecular formula is C29H30NO4-.